The summed E-state index contributed by atoms with van der Waals surface area (Å²) in [5, 5.41) is 7.62. The van der Waals surface area contributed by atoms with Gasteiger partial charge in [-0.15, -0.1) is 10.2 Å². The number of rotatable bonds is 4. The first-order chi connectivity index (χ1) is 13.2. The molecule has 2 saturated heterocycles. The Morgan fingerprint density at radius 3 is 2.81 bits per heavy atom. The lowest BCUT2D eigenvalue weighted by atomic mass is 9.79. The molecule has 5 rings (SSSR count). The van der Waals surface area contributed by atoms with E-state index >= 15 is 0 Å². The van der Waals surface area contributed by atoms with E-state index in [1.54, 1.807) is 29.5 Å². The van der Waals surface area contributed by atoms with Crippen LogP contribution >= 0.6 is 0 Å². The van der Waals surface area contributed by atoms with Crippen LogP contribution in [0.4, 0.5) is 0 Å². The van der Waals surface area contributed by atoms with Gasteiger partial charge in [-0.1, -0.05) is 0 Å². The van der Waals surface area contributed by atoms with Crippen LogP contribution in [0, 0.1) is 11.3 Å². The van der Waals surface area contributed by atoms with Crippen molar-refractivity contribution in [1.29, 1.82) is 0 Å². The molecule has 27 heavy (non-hydrogen) atoms. The monoisotopic (exact) mass is 366 g/mol. The second kappa shape index (κ2) is 6.71. The van der Waals surface area contributed by atoms with E-state index in [-0.39, 0.29) is 5.91 Å². The summed E-state index contributed by atoms with van der Waals surface area (Å²) in [7, 11) is 0. The lowest BCUT2D eigenvalue weighted by Gasteiger charge is -2.40. The second-order valence-corrected chi connectivity index (χ2v) is 8.53. The van der Waals surface area contributed by atoms with E-state index < -0.39 is 0 Å². The van der Waals surface area contributed by atoms with Gasteiger partial charge in [-0.25, -0.2) is 4.98 Å². The molecule has 1 spiro atoms. The number of carbonyl (C=O) groups excluding carboxylic acids is 1. The molecule has 1 atom stereocenters. The largest absolute Gasteiger partial charge is 0.338 e. The average molecular weight is 366 g/mol. The van der Waals surface area contributed by atoms with Crippen molar-refractivity contribution >= 4 is 5.91 Å². The minimum absolute atomic E-state index is 0.114. The van der Waals surface area contributed by atoms with Gasteiger partial charge in [0, 0.05) is 43.4 Å². The van der Waals surface area contributed by atoms with Gasteiger partial charge in [-0.3, -0.25) is 9.36 Å². The number of likely N-dealkylation sites (tertiary alicyclic amines) is 2. The number of amides is 1. The molecule has 3 fully saturated rings. The van der Waals surface area contributed by atoms with E-state index in [1.807, 2.05) is 11.0 Å². The first kappa shape index (κ1) is 16.9. The van der Waals surface area contributed by atoms with Gasteiger partial charge in [0.05, 0.1) is 0 Å². The summed E-state index contributed by atoms with van der Waals surface area (Å²) in [6.45, 7) is 5.41. The van der Waals surface area contributed by atoms with E-state index in [2.05, 4.69) is 20.1 Å². The highest BCUT2D eigenvalue weighted by Crippen LogP contribution is 2.41. The molecule has 3 aliphatic rings. The van der Waals surface area contributed by atoms with Gasteiger partial charge in [0.1, 0.15) is 18.5 Å². The third-order valence-electron chi connectivity index (χ3n) is 6.36. The zero-order valence-electron chi connectivity index (χ0n) is 15.6. The molecule has 142 valence electrons. The molecule has 2 aromatic rings. The third kappa shape index (κ3) is 3.48. The molecule has 1 unspecified atom stereocenters. The van der Waals surface area contributed by atoms with Crippen molar-refractivity contribution in [3.8, 4) is 5.82 Å². The van der Waals surface area contributed by atoms with Crippen molar-refractivity contribution in [2.75, 3.05) is 32.7 Å². The van der Waals surface area contributed by atoms with E-state index in [0.717, 1.165) is 32.0 Å². The predicted octanol–water partition coefficient (Wildman–Crippen LogP) is 2.00. The first-order valence-electron chi connectivity index (χ1n) is 10.0. The Labute approximate surface area is 159 Å². The standard InChI is InChI=1S/C20H26N6O/c27-19(17-4-7-21-18(10-17)26-14-22-23-15-26)25-9-6-20(13-25)5-1-8-24(12-20)11-16-2-3-16/h4,7,10,14-16H,1-3,5-6,8-9,11-13H2. The van der Waals surface area contributed by atoms with Crippen LogP contribution < -0.4 is 0 Å². The van der Waals surface area contributed by atoms with Gasteiger partial charge < -0.3 is 9.80 Å². The Balaban J connectivity index is 1.28. The number of nitrogens with zero attached hydrogens (tertiary/aromatic N) is 6. The van der Waals surface area contributed by atoms with E-state index in [4.69, 9.17) is 0 Å². The molecule has 1 amide bonds. The molecule has 2 aromatic heterocycles. The van der Waals surface area contributed by atoms with Crippen LogP contribution in [0.5, 0.6) is 0 Å². The number of hydrogen-bond acceptors (Lipinski definition) is 5. The highest BCUT2D eigenvalue weighted by molar-refractivity contribution is 5.94. The minimum Gasteiger partial charge on any atom is -0.338 e. The van der Waals surface area contributed by atoms with Crippen LogP contribution in [-0.4, -0.2) is 68.2 Å². The van der Waals surface area contributed by atoms with Crippen LogP contribution in [0.1, 0.15) is 42.5 Å². The van der Waals surface area contributed by atoms with Gasteiger partial charge in [-0.05, 0) is 56.7 Å². The summed E-state index contributed by atoms with van der Waals surface area (Å²) < 4.78 is 1.72. The summed E-state index contributed by atoms with van der Waals surface area (Å²) in [4.78, 5) is 22.1. The highest BCUT2D eigenvalue weighted by atomic mass is 16.2. The van der Waals surface area contributed by atoms with Crippen molar-refractivity contribution in [2.45, 2.75) is 32.1 Å². The van der Waals surface area contributed by atoms with E-state index in [9.17, 15) is 4.79 Å². The number of piperidine rings is 1. The molecule has 0 bridgehead atoms. The quantitative estimate of drug-likeness (QED) is 0.828. The summed E-state index contributed by atoms with van der Waals surface area (Å²) in [5.74, 6) is 1.73. The van der Waals surface area contributed by atoms with Gasteiger partial charge in [-0.2, -0.15) is 0 Å². The fourth-order valence-electron chi connectivity index (χ4n) is 4.77. The Bertz CT molecular complexity index is 818. The van der Waals surface area contributed by atoms with Crippen LogP contribution in [-0.2, 0) is 0 Å². The van der Waals surface area contributed by atoms with Gasteiger partial charge in [0.25, 0.3) is 5.91 Å². The topological polar surface area (TPSA) is 67.2 Å². The third-order valence-corrected chi connectivity index (χ3v) is 6.36. The average Bonchev–Trinajstić information content (AvgIpc) is 3.18. The first-order valence-corrected chi connectivity index (χ1v) is 10.0. The molecule has 0 aromatic carbocycles. The molecule has 2 aliphatic heterocycles. The number of carbonyl (C=O) groups is 1. The summed E-state index contributed by atoms with van der Waals surface area (Å²) in [6, 6.07) is 3.64. The van der Waals surface area contributed by atoms with Crippen molar-refractivity contribution in [2.24, 2.45) is 11.3 Å². The summed E-state index contributed by atoms with van der Waals surface area (Å²) in [6.07, 6.45) is 11.3. The Morgan fingerprint density at radius 2 is 2.00 bits per heavy atom. The maximum Gasteiger partial charge on any atom is 0.254 e. The number of pyridine rings is 1. The lowest BCUT2D eigenvalue weighted by Crippen LogP contribution is -2.46. The molecule has 0 N–H and O–H groups in total. The summed E-state index contributed by atoms with van der Waals surface area (Å²) in [5.41, 5.74) is 0.990. The molecule has 1 saturated carbocycles. The van der Waals surface area contributed by atoms with Crippen molar-refractivity contribution in [3.63, 3.8) is 0 Å². The second-order valence-electron chi connectivity index (χ2n) is 8.53. The van der Waals surface area contributed by atoms with Crippen molar-refractivity contribution in [1.82, 2.24) is 29.5 Å². The minimum atomic E-state index is 0.114. The Morgan fingerprint density at radius 1 is 1.15 bits per heavy atom. The molecule has 1 aliphatic carbocycles. The van der Waals surface area contributed by atoms with E-state index in [0.29, 0.717) is 16.8 Å². The van der Waals surface area contributed by atoms with Gasteiger partial charge >= 0.3 is 0 Å². The Hall–Kier alpha value is -2.28. The lowest BCUT2D eigenvalue weighted by molar-refractivity contribution is 0.0681. The highest BCUT2D eigenvalue weighted by Gasteiger charge is 2.43. The normalized spacial score (nSPS) is 26.0. The van der Waals surface area contributed by atoms with Gasteiger partial charge in [0.15, 0.2) is 0 Å². The van der Waals surface area contributed by atoms with Crippen LogP contribution in [0.3, 0.4) is 0 Å². The van der Waals surface area contributed by atoms with Crippen molar-refractivity contribution in [3.05, 3.63) is 36.5 Å². The molecule has 0 radical (unpaired) electrons. The smallest absolute Gasteiger partial charge is 0.254 e. The van der Waals surface area contributed by atoms with Gasteiger partial charge in [0.2, 0.25) is 0 Å². The zero-order chi connectivity index (χ0) is 18.3. The molecule has 7 nitrogen and oxygen atoms in total. The molecular weight excluding hydrogens is 340 g/mol. The van der Waals surface area contributed by atoms with Crippen molar-refractivity contribution < 1.29 is 4.79 Å². The van der Waals surface area contributed by atoms with E-state index in [1.165, 1.54) is 38.8 Å². The molecule has 7 heteroatoms. The van der Waals surface area contributed by atoms with Crippen LogP contribution in [0.2, 0.25) is 0 Å². The summed E-state index contributed by atoms with van der Waals surface area (Å²) >= 11 is 0. The predicted molar refractivity (Wildman–Crippen MR) is 101 cm³/mol. The Kier molecular flexibility index (Phi) is 4.19. The number of hydrogen-bond donors (Lipinski definition) is 0. The maximum atomic E-state index is 13.1. The maximum absolute atomic E-state index is 13.1. The zero-order valence-corrected chi connectivity index (χ0v) is 15.6. The van der Waals surface area contributed by atoms with Crippen LogP contribution in [0.15, 0.2) is 31.0 Å². The number of aromatic nitrogens is 4. The fraction of sp³-hybridized carbons (Fsp3) is 0.600. The SMILES string of the molecule is O=C(c1ccnc(-n2cnnc2)c1)N1CCC2(CCCN(CC3CC3)C2)C1. The van der Waals surface area contributed by atoms with Crippen LogP contribution in [0.25, 0.3) is 5.82 Å². The molecule has 4 heterocycles. The fourth-order valence-corrected chi connectivity index (χ4v) is 4.77. The molecular formula is C20H26N6O.